The quantitative estimate of drug-likeness (QED) is 0.316. The maximum Gasteiger partial charge on any atom is 0.402 e. The van der Waals surface area contributed by atoms with Crippen LogP contribution in [0.3, 0.4) is 0 Å². The van der Waals surface area contributed by atoms with Gasteiger partial charge in [-0.3, -0.25) is 10.2 Å². The van der Waals surface area contributed by atoms with Gasteiger partial charge in [0, 0.05) is 25.0 Å². The number of benzene rings is 1. The Hall–Kier alpha value is -2.59. The molecule has 0 saturated carbocycles. The highest BCUT2D eigenvalue weighted by molar-refractivity contribution is 6.00. The minimum atomic E-state index is -4.46. The first-order valence-corrected chi connectivity index (χ1v) is 8.57. The third-order valence-corrected chi connectivity index (χ3v) is 3.83. The number of aliphatic imine (C=N–C) groups is 1. The lowest BCUT2D eigenvalue weighted by Crippen LogP contribution is -2.53. The Labute approximate surface area is 160 Å². The summed E-state index contributed by atoms with van der Waals surface area (Å²) in [6, 6.07) is 6.77. The van der Waals surface area contributed by atoms with E-state index >= 15 is 0 Å². The van der Waals surface area contributed by atoms with E-state index in [1.54, 1.807) is 24.3 Å². The van der Waals surface area contributed by atoms with E-state index in [-0.39, 0.29) is 25.5 Å². The van der Waals surface area contributed by atoms with Crippen LogP contribution in [0.25, 0.3) is 0 Å². The Kier molecular flexibility index (Phi) is 7.41. The number of carbonyl (C=O) groups is 1. The van der Waals surface area contributed by atoms with Crippen molar-refractivity contribution in [2.45, 2.75) is 24.6 Å². The zero-order chi connectivity index (χ0) is 20.6. The van der Waals surface area contributed by atoms with Crippen molar-refractivity contribution in [3.63, 3.8) is 0 Å². The first-order chi connectivity index (χ1) is 13.3. The fourth-order valence-electron chi connectivity index (χ4n) is 2.44. The second kappa shape index (κ2) is 9.56. The molecule has 0 aliphatic carbocycles. The summed E-state index contributed by atoms with van der Waals surface area (Å²) in [5, 5.41) is 8.75. The van der Waals surface area contributed by atoms with Crippen LogP contribution >= 0.6 is 0 Å². The van der Waals surface area contributed by atoms with Gasteiger partial charge in [0.15, 0.2) is 5.54 Å². The number of hydrogen-bond donors (Lipinski definition) is 3. The molecule has 154 valence electrons. The fourth-order valence-corrected chi connectivity index (χ4v) is 2.44. The second-order valence-electron chi connectivity index (χ2n) is 6.10. The number of alkyl halides is 3. The van der Waals surface area contributed by atoms with Gasteiger partial charge in [0.05, 0.1) is 6.61 Å². The molecule has 28 heavy (non-hydrogen) atoms. The van der Waals surface area contributed by atoms with Gasteiger partial charge in [0.25, 0.3) is 5.91 Å². The van der Waals surface area contributed by atoms with Crippen molar-refractivity contribution in [1.82, 2.24) is 10.9 Å². The number of hydrogen-bond acceptors (Lipinski definition) is 6. The zero-order valence-electron chi connectivity index (χ0n) is 15.1. The van der Waals surface area contributed by atoms with Crippen molar-refractivity contribution in [3.8, 4) is 5.75 Å². The number of ether oxygens (including phenoxy) is 2. The largest absolute Gasteiger partial charge is 0.494 e. The molecule has 0 fully saturated rings. The molecular formula is C18H22F3N3O4. The average molecular weight is 401 g/mol. The summed E-state index contributed by atoms with van der Waals surface area (Å²) >= 11 is 0. The van der Waals surface area contributed by atoms with Crippen molar-refractivity contribution in [2.75, 3.05) is 26.4 Å². The monoisotopic (exact) mass is 401 g/mol. The number of carbonyl (C=O) groups excluding carboxylic acids is 1. The van der Waals surface area contributed by atoms with Crippen LogP contribution < -0.4 is 15.6 Å². The van der Waals surface area contributed by atoms with Crippen LogP contribution in [0, 0.1) is 0 Å². The lowest BCUT2D eigenvalue weighted by Gasteiger charge is -2.21. The molecular weight excluding hydrogens is 379 g/mol. The summed E-state index contributed by atoms with van der Waals surface area (Å²) in [5.74, 6) is 0.0626. The topological polar surface area (TPSA) is 92.2 Å². The highest BCUT2D eigenvalue weighted by Gasteiger charge is 2.43. The number of nitrogens with one attached hydrogen (secondary N) is 2. The van der Waals surface area contributed by atoms with E-state index in [0.29, 0.717) is 24.3 Å². The number of nitrogens with zero attached hydrogens (tertiary/aromatic N) is 1. The van der Waals surface area contributed by atoms with Gasteiger partial charge in [-0.1, -0.05) is 6.08 Å². The van der Waals surface area contributed by atoms with E-state index in [1.165, 1.54) is 6.08 Å². The van der Waals surface area contributed by atoms with Gasteiger partial charge in [-0.05, 0) is 24.3 Å². The van der Waals surface area contributed by atoms with Crippen LogP contribution in [0.4, 0.5) is 13.2 Å². The normalized spacial score (nSPS) is 18.9. The maximum atomic E-state index is 12.4. The van der Waals surface area contributed by atoms with Gasteiger partial charge >= 0.3 is 6.18 Å². The Morgan fingerprint density at radius 3 is 2.71 bits per heavy atom. The summed E-state index contributed by atoms with van der Waals surface area (Å²) in [7, 11) is 0. The second-order valence-corrected chi connectivity index (χ2v) is 6.10. The Morgan fingerprint density at radius 2 is 2.11 bits per heavy atom. The van der Waals surface area contributed by atoms with Crippen molar-refractivity contribution < 1.29 is 32.5 Å². The molecule has 1 aliphatic heterocycles. The fraction of sp³-hybridized carbons (Fsp3) is 0.444. The maximum absolute atomic E-state index is 12.4. The zero-order valence-corrected chi connectivity index (χ0v) is 15.1. The average Bonchev–Trinajstić information content (AvgIpc) is 3.07. The Morgan fingerprint density at radius 1 is 1.39 bits per heavy atom. The molecule has 0 unspecified atom stereocenters. The molecule has 0 aromatic heterocycles. The van der Waals surface area contributed by atoms with Crippen LogP contribution in [-0.2, 0) is 9.53 Å². The summed E-state index contributed by atoms with van der Waals surface area (Å²) in [4.78, 5) is 16.7. The van der Waals surface area contributed by atoms with Crippen molar-refractivity contribution in [3.05, 3.63) is 42.5 Å². The van der Waals surface area contributed by atoms with E-state index in [0.717, 1.165) is 0 Å². The molecule has 0 radical (unpaired) electrons. The van der Waals surface area contributed by atoms with Crippen LogP contribution in [-0.4, -0.2) is 55.0 Å². The highest BCUT2D eigenvalue weighted by Crippen LogP contribution is 2.27. The standard InChI is InChI=1S/C18H22F3N3O4/c1-2-8-17(16(26)24-22-11-18(19,20)21)12-28-15(23-17)13-4-6-14(7-5-13)27-10-3-9-25/h2,4-7,22,25H,1,3,8-12H2,(H,24,26)/t17-/m0/s1. The molecule has 7 nitrogen and oxygen atoms in total. The first kappa shape index (κ1) is 21.7. The van der Waals surface area contributed by atoms with Crippen LogP contribution in [0.5, 0.6) is 5.75 Å². The third kappa shape index (κ3) is 5.96. The molecule has 0 bridgehead atoms. The molecule has 10 heteroatoms. The summed E-state index contributed by atoms with van der Waals surface area (Å²) in [6.45, 7) is 2.50. The van der Waals surface area contributed by atoms with Crippen LogP contribution in [0.1, 0.15) is 18.4 Å². The molecule has 0 saturated heterocycles. The van der Waals surface area contributed by atoms with Crippen LogP contribution in [0.15, 0.2) is 41.9 Å². The first-order valence-electron chi connectivity index (χ1n) is 8.57. The third-order valence-electron chi connectivity index (χ3n) is 3.83. The molecule has 1 heterocycles. The predicted molar refractivity (Wildman–Crippen MR) is 95.9 cm³/mol. The Balaban J connectivity index is 2.07. The van der Waals surface area contributed by atoms with E-state index in [2.05, 4.69) is 11.6 Å². The number of aliphatic hydroxyl groups is 1. The number of rotatable bonds is 10. The minimum absolute atomic E-state index is 0.0357. The lowest BCUT2D eigenvalue weighted by atomic mass is 9.97. The summed E-state index contributed by atoms with van der Waals surface area (Å²) in [5.41, 5.74) is 3.08. The molecule has 1 aromatic rings. The molecule has 1 amide bonds. The lowest BCUT2D eigenvalue weighted by molar-refractivity contribution is -0.135. The van der Waals surface area contributed by atoms with E-state index in [4.69, 9.17) is 14.6 Å². The van der Waals surface area contributed by atoms with Gasteiger partial charge in [-0.2, -0.15) is 13.2 Å². The van der Waals surface area contributed by atoms with Crippen molar-refractivity contribution in [1.29, 1.82) is 0 Å². The highest BCUT2D eigenvalue weighted by atomic mass is 19.4. The smallest absolute Gasteiger partial charge is 0.402 e. The van der Waals surface area contributed by atoms with E-state index in [9.17, 15) is 18.0 Å². The van der Waals surface area contributed by atoms with Gasteiger partial charge in [0.2, 0.25) is 5.90 Å². The van der Waals surface area contributed by atoms with Crippen molar-refractivity contribution >= 4 is 11.8 Å². The van der Waals surface area contributed by atoms with Crippen LogP contribution in [0.2, 0.25) is 0 Å². The summed E-state index contributed by atoms with van der Waals surface area (Å²) < 4.78 is 47.7. The molecule has 2 rings (SSSR count). The molecule has 3 N–H and O–H groups in total. The number of aliphatic hydroxyl groups excluding tert-OH is 1. The SMILES string of the molecule is C=CC[C@@]1(C(=O)NNCC(F)(F)F)COC(c2ccc(OCCCO)cc2)=N1. The van der Waals surface area contributed by atoms with E-state index < -0.39 is 24.2 Å². The minimum Gasteiger partial charge on any atom is -0.494 e. The Bertz CT molecular complexity index is 707. The molecule has 1 aliphatic rings. The van der Waals surface area contributed by atoms with E-state index in [1.807, 2.05) is 10.9 Å². The number of hydrazine groups is 1. The number of halogens is 3. The van der Waals surface area contributed by atoms with Crippen molar-refractivity contribution in [2.24, 2.45) is 4.99 Å². The molecule has 0 spiro atoms. The predicted octanol–water partition coefficient (Wildman–Crippen LogP) is 1.72. The molecule has 1 aromatic carbocycles. The number of amides is 1. The molecule has 1 atom stereocenters. The van der Waals surface area contributed by atoms with Gasteiger partial charge in [-0.25, -0.2) is 10.4 Å². The summed E-state index contributed by atoms with van der Waals surface area (Å²) in [6.07, 6.45) is -2.39. The van der Waals surface area contributed by atoms with Gasteiger partial charge in [0.1, 0.15) is 18.9 Å². The van der Waals surface area contributed by atoms with Gasteiger partial charge < -0.3 is 14.6 Å². The van der Waals surface area contributed by atoms with Gasteiger partial charge in [-0.15, -0.1) is 6.58 Å².